The fourth-order valence-corrected chi connectivity index (χ4v) is 3.06. The summed E-state index contributed by atoms with van der Waals surface area (Å²) in [7, 11) is 0. The monoisotopic (exact) mass is 302 g/mol. The van der Waals surface area contributed by atoms with Gasteiger partial charge in [0.2, 0.25) is 11.8 Å². The van der Waals surface area contributed by atoms with Crippen molar-refractivity contribution in [2.75, 3.05) is 18.1 Å². The first-order chi connectivity index (χ1) is 10.6. The van der Waals surface area contributed by atoms with Crippen LogP contribution in [0, 0.1) is 0 Å². The second-order valence-electron chi connectivity index (χ2n) is 5.98. The lowest BCUT2D eigenvalue weighted by atomic mass is 10.1. The maximum absolute atomic E-state index is 12.1. The van der Waals surface area contributed by atoms with Crippen molar-refractivity contribution in [3.63, 3.8) is 0 Å². The second kappa shape index (κ2) is 6.48. The Morgan fingerprint density at radius 1 is 1.41 bits per heavy atom. The number of rotatable bonds is 4. The van der Waals surface area contributed by atoms with E-state index in [-0.39, 0.29) is 24.0 Å². The van der Waals surface area contributed by atoms with Crippen molar-refractivity contribution >= 4 is 17.5 Å². The van der Waals surface area contributed by atoms with E-state index in [1.165, 1.54) is 0 Å². The summed E-state index contributed by atoms with van der Waals surface area (Å²) in [4.78, 5) is 25.8. The first-order valence-electron chi connectivity index (χ1n) is 7.97. The second-order valence-corrected chi connectivity index (χ2v) is 5.98. The summed E-state index contributed by atoms with van der Waals surface area (Å²) in [5.74, 6) is 0.126. The summed E-state index contributed by atoms with van der Waals surface area (Å²) in [6, 6.07) is 7.75. The van der Waals surface area contributed by atoms with Crippen LogP contribution in [0.2, 0.25) is 0 Å². The third kappa shape index (κ3) is 3.14. The van der Waals surface area contributed by atoms with Crippen LogP contribution in [0.3, 0.4) is 0 Å². The molecule has 0 radical (unpaired) electrons. The van der Waals surface area contributed by atoms with Crippen LogP contribution in [-0.2, 0) is 14.3 Å². The van der Waals surface area contributed by atoms with Crippen LogP contribution in [-0.4, -0.2) is 31.1 Å². The predicted octanol–water partition coefficient (Wildman–Crippen LogP) is 2.17. The van der Waals surface area contributed by atoms with Gasteiger partial charge in [0, 0.05) is 25.3 Å². The molecule has 2 aliphatic heterocycles. The molecule has 1 aromatic carbocycles. The highest BCUT2D eigenvalue weighted by Crippen LogP contribution is 2.25. The zero-order chi connectivity index (χ0) is 15.5. The fraction of sp³-hybridized carbons (Fsp3) is 0.529. The highest BCUT2D eigenvalue weighted by molar-refractivity contribution is 5.95. The van der Waals surface area contributed by atoms with Gasteiger partial charge in [-0.2, -0.15) is 0 Å². The Kier molecular flexibility index (Phi) is 4.43. The van der Waals surface area contributed by atoms with E-state index in [1.807, 2.05) is 36.1 Å². The molecular formula is C17H22N2O3. The van der Waals surface area contributed by atoms with Crippen LogP contribution in [0.15, 0.2) is 24.3 Å². The lowest BCUT2D eigenvalue weighted by Crippen LogP contribution is -2.35. The summed E-state index contributed by atoms with van der Waals surface area (Å²) in [6.45, 7) is 3.40. The zero-order valence-corrected chi connectivity index (χ0v) is 12.9. The molecule has 5 heteroatoms. The van der Waals surface area contributed by atoms with Crippen LogP contribution < -0.4 is 10.2 Å². The number of amides is 2. The van der Waals surface area contributed by atoms with Gasteiger partial charge in [-0.25, -0.2) is 0 Å². The van der Waals surface area contributed by atoms with Crippen LogP contribution in [0.4, 0.5) is 5.69 Å². The van der Waals surface area contributed by atoms with E-state index in [2.05, 4.69) is 5.32 Å². The highest BCUT2D eigenvalue weighted by atomic mass is 16.5. The van der Waals surface area contributed by atoms with Crippen molar-refractivity contribution in [1.29, 1.82) is 0 Å². The minimum absolute atomic E-state index is 0.0485. The molecular weight excluding hydrogens is 280 g/mol. The maximum atomic E-state index is 12.1. The van der Waals surface area contributed by atoms with E-state index in [0.717, 1.165) is 37.1 Å². The molecule has 2 heterocycles. The van der Waals surface area contributed by atoms with Crippen molar-refractivity contribution in [3.05, 3.63) is 29.8 Å². The van der Waals surface area contributed by atoms with Gasteiger partial charge in [0.05, 0.1) is 6.04 Å². The van der Waals surface area contributed by atoms with Crippen LogP contribution in [0.1, 0.15) is 44.2 Å². The van der Waals surface area contributed by atoms with Crippen LogP contribution in [0.25, 0.3) is 0 Å². The van der Waals surface area contributed by atoms with Crippen LogP contribution >= 0.6 is 0 Å². The van der Waals surface area contributed by atoms with E-state index >= 15 is 0 Å². The summed E-state index contributed by atoms with van der Waals surface area (Å²) >= 11 is 0. The molecule has 2 saturated heterocycles. The molecule has 1 aromatic rings. The van der Waals surface area contributed by atoms with Crippen molar-refractivity contribution in [2.45, 2.75) is 44.8 Å². The molecule has 0 aliphatic carbocycles. The Bertz CT molecular complexity index is 567. The molecule has 22 heavy (non-hydrogen) atoms. The largest absolute Gasteiger partial charge is 0.368 e. The number of benzene rings is 1. The van der Waals surface area contributed by atoms with E-state index < -0.39 is 0 Å². The number of carbonyl (C=O) groups is 2. The summed E-state index contributed by atoms with van der Waals surface area (Å²) in [6.07, 6.45) is 2.95. The molecule has 2 unspecified atom stereocenters. The van der Waals surface area contributed by atoms with E-state index in [4.69, 9.17) is 4.74 Å². The normalized spacial score (nSPS) is 22.9. The van der Waals surface area contributed by atoms with E-state index in [0.29, 0.717) is 13.0 Å². The standard InChI is InChI=1S/C17H22N2O3/c1-12(18-17(21)15-7-4-10-22-15)13-5-2-6-14(11-13)19-9-3-8-16(19)20/h2,5-6,11-12,15H,3-4,7-10H2,1H3,(H,18,21). The molecule has 0 spiro atoms. The van der Waals surface area contributed by atoms with E-state index in [9.17, 15) is 9.59 Å². The van der Waals surface area contributed by atoms with Crippen LogP contribution in [0.5, 0.6) is 0 Å². The van der Waals surface area contributed by atoms with Crippen molar-refractivity contribution < 1.29 is 14.3 Å². The third-order valence-electron chi connectivity index (χ3n) is 4.34. The molecule has 5 nitrogen and oxygen atoms in total. The molecule has 1 N–H and O–H groups in total. The fourth-order valence-electron chi connectivity index (χ4n) is 3.06. The first kappa shape index (κ1) is 15.0. The molecule has 0 bridgehead atoms. The highest BCUT2D eigenvalue weighted by Gasteiger charge is 2.25. The van der Waals surface area contributed by atoms with Gasteiger partial charge in [0.25, 0.3) is 0 Å². The van der Waals surface area contributed by atoms with Gasteiger partial charge in [0.1, 0.15) is 6.10 Å². The summed E-state index contributed by atoms with van der Waals surface area (Å²) in [5.41, 5.74) is 1.92. The number of nitrogens with zero attached hydrogens (tertiary/aromatic N) is 1. The number of anilines is 1. The molecule has 118 valence electrons. The Morgan fingerprint density at radius 2 is 2.27 bits per heavy atom. The average Bonchev–Trinajstić information content (AvgIpc) is 3.18. The molecule has 2 atom stereocenters. The van der Waals surface area contributed by atoms with Gasteiger partial charge in [-0.05, 0) is 43.9 Å². The third-order valence-corrected chi connectivity index (χ3v) is 4.34. The Morgan fingerprint density at radius 3 is 2.95 bits per heavy atom. The lowest BCUT2D eigenvalue weighted by Gasteiger charge is -2.20. The van der Waals surface area contributed by atoms with Gasteiger partial charge in [-0.3, -0.25) is 9.59 Å². The first-order valence-corrected chi connectivity index (χ1v) is 7.97. The van der Waals surface area contributed by atoms with Crippen molar-refractivity contribution in [3.8, 4) is 0 Å². The SMILES string of the molecule is CC(NC(=O)C1CCCO1)c1cccc(N2CCCC2=O)c1. The maximum Gasteiger partial charge on any atom is 0.249 e. The quantitative estimate of drug-likeness (QED) is 0.927. The number of hydrogen-bond acceptors (Lipinski definition) is 3. The molecule has 2 fully saturated rings. The lowest BCUT2D eigenvalue weighted by molar-refractivity contribution is -0.130. The van der Waals surface area contributed by atoms with Gasteiger partial charge in [-0.15, -0.1) is 0 Å². The Hall–Kier alpha value is -1.88. The van der Waals surface area contributed by atoms with Gasteiger partial charge in [-0.1, -0.05) is 12.1 Å². The number of carbonyl (C=O) groups excluding carboxylic acids is 2. The minimum Gasteiger partial charge on any atom is -0.368 e. The average molecular weight is 302 g/mol. The topological polar surface area (TPSA) is 58.6 Å². The molecule has 0 saturated carbocycles. The summed E-state index contributed by atoms with van der Waals surface area (Å²) < 4.78 is 5.41. The number of nitrogens with one attached hydrogen (secondary N) is 1. The van der Waals surface area contributed by atoms with Gasteiger partial charge < -0.3 is 15.0 Å². The molecule has 2 aliphatic rings. The number of ether oxygens (including phenoxy) is 1. The molecule has 2 amide bonds. The van der Waals surface area contributed by atoms with Crippen molar-refractivity contribution in [1.82, 2.24) is 5.32 Å². The van der Waals surface area contributed by atoms with Gasteiger partial charge >= 0.3 is 0 Å². The zero-order valence-electron chi connectivity index (χ0n) is 12.9. The Labute approximate surface area is 130 Å². The smallest absolute Gasteiger partial charge is 0.249 e. The predicted molar refractivity (Wildman–Crippen MR) is 83.6 cm³/mol. The number of hydrogen-bond donors (Lipinski definition) is 1. The van der Waals surface area contributed by atoms with Crippen molar-refractivity contribution in [2.24, 2.45) is 0 Å². The van der Waals surface area contributed by atoms with E-state index in [1.54, 1.807) is 0 Å². The molecule has 0 aromatic heterocycles. The van der Waals surface area contributed by atoms with Gasteiger partial charge in [0.15, 0.2) is 0 Å². The minimum atomic E-state index is -0.314. The molecule has 3 rings (SSSR count). The summed E-state index contributed by atoms with van der Waals surface area (Å²) in [5, 5.41) is 3.00. The Balaban J connectivity index is 1.68.